The van der Waals surface area contributed by atoms with E-state index in [2.05, 4.69) is 12.2 Å². The molecule has 1 aliphatic carbocycles. The number of benzene rings is 1. The molecule has 3 nitrogen and oxygen atoms in total. The lowest BCUT2D eigenvalue weighted by molar-refractivity contribution is 0.437. The topological polar surface area (TPSA) is 52.5 Å². The van der Waals surface area contributed by atoms with Gasteiger partial charge >= 0.3 is 0 Å². The summed E-state index contributed by atoms with van der Waals surface area (Å²) in [5.74, 6) is 0.225. The molecule has 1 atom stereocenters. The molecule has 3 N–H and O–H groups in total. The van der Waals surface area contributed by atoms with Crippen molar-refractivity contribution in [2.75, 3.05) is 6.54 Å². The molecule has 1 saturated carbocycles. The highest BCUT2D eigenvalue weighted by molar-refractivity contribution is 5.37. The Morgan fingerprint density at radius 1 is 1.25 bits per heavy atom. The first-order valence-electron chi connectivity index (χ1n) is 5.75. The van der Waals surface area contributed by atoms with Gasteiger partial charge < -0.3 is 15.5 Å². The fourth-order valence-corrected chi connectivity index (χ4v) is 1.78. The zero-order chi connectivity index (χ0) is 11.8. The zero-order valence-corrected chi connectivity index (χ0v) is 9.83. The Morgan fingerprint density at radius 3 is 2.31 bits per heavy atom. The number of hydrogen-bond acceptors (Lipinski definition) is 3. The molecule has 0 aromatic heterocycles. The van der Waals surface area contributed by atoms with Gasteiger partial charge in [0.25, 0.3) is 0 Å². The van der Waals surface area contributed by atoms with E-state index >= 15 is 0 Å². The number of aromatic hydroxyl groups is 2. The minimum atomic E-state index is 0.112. The highest BCUT2D eigenvalue weighted by Crippen LogP contribution is 2.44. The molecular weight excluding hydrogens is 202 g/mol. The first kappa shape index (κ1) is 11.3. The van der Waals surface area contributed by atoms with Crippen molar-refractivity contribution in [2.24, 2.45) is 5.41 Å². The fraction of sp³-hybridized carbons (Fsp3) is 0.538. The second-order valence-corrected chi connectivity index (χ2v) is 5.20. The third kappa shape index (κ3) is 2.67. The molecule has 16 heavy (non-hydrogen) atoms. The van der Waals surface area contributed by atoms with E-state index in [0.29, 0.717) is 5.41 Å². The second kappa shape index (κ2) is 3.98. The maximum atomic E-state index is 9.40. The third-order valence-corrected chi connectivity index (χ3v) is 3.36. The van der Waals surface area contributed by atoms with Crippen LogP contribution in [0.25, 0.3) is 0 Å². The first-order valence-corrected chi connectivity index (χ1v) is 5.75. The van der Waals surface area contributed by atoms with E-state index in [1.54, 1.807) is 12.1 Å². The quantitative estimate of drug-likeness (QED) is 0.732. The summed E-state index contributed by atoms with van der Waals surface area (Å²) >= 11 is 0. The lowest BCUT2D eigenvalue weighted by Gasteiger charge is -2.17. The van der Waals surface area contributed by atoms with Crippen LogP contribution in [0.2, 0.25) is 0 Å². The van der Waals surface area contributed by atoms with Crippen LogP contribution < -0.4 is 5.32 Å². The molecule has 1 aromatic carbocycles. The zero-order valence-electron chi connectivity index (χ0n) is 9.83. The smallest absolute Gasteiger partial charge is 0.119 e. The minimum Gasteiger partial charge on any atom is -0.508 e. The molecule has 0 amide bonds. The summed E-state index contributed by atoms with van der Waals surface area (Å²) in [6.07, 6.45) is 2.58. The van der Waals surface area contributed by atoms with Crippen molar-refractivity contribution < 1.29 is 10.2 Å². The SMILES string of the molecule is CC(NCC1(C)CC1)c1cc(O)cc(O)c1. The Balaban J connectivity index is 1.99. The molecule has 0 aliphatic heterocycles. The van der Waals surface area contributed by atoms with Gasteiger partial charge in [-0.15, -0.1) is 0 Å². The van der Waals surface area contributed by atoms with Crippen molar-refractivity contribution in [3.8, 4) is 11.5 Å². The van der Waals surface area contributed by atoms with Gasteiger partial charge in [-0.3, -0.25) is 0 Å². The monoisotopic (exact) mass is 221 g/mol. The molecule has 0 heterocycles. The predicted molar refractivity (Wildman–Crippen MR) is 63.5 cm³/mol. The molecule has 0 bridgehead atoms. The molecular formula is C13H19NO2. The predicted octanol–water partition coefficient (Wildman–Crippen LogP) is 2.55. The average molecular weight is 221 g/mol. The van der Waals surface area contributed by atoms with Gasteiger partial charge in [0.2, 0.25) is 0 Å². The van der Waals surface area contributed by atoms with Crippen LogP contribution in [0.5, 0.6) is 11.5 Å². The van der Waals surface area contributed by atoms with Crippen LogP contribution in [0, 0.1) is 5.41 Å². The van der Waals surface area contributed by atoms with Crippen LogP contribution in [0.1, 0.15) is 38.3 Å². The number of phenols is 2. The average Bonchev–Trinajstić information content (AvgIpc) is 2.92. The van der Waals surface area contributed by atoms with Gasteiger partial charge in [-0.05, 0) is 42.9 Å². The third-order valence-electron chi connectivity index (χ3n) is 3.36. The maximum Gasteiger partial charge on any atom is 0.119 e. The van der Waals surface area contributed by atoms with Crippen LogP contribution in [-0.2, 0) is 0 Å². The summed E-state index contributed by atoms with van der Waals surface area (Å²) in [7, 11) is 0. The minimum absolute atomic E-state index is 0.112. The Kier molecular flexibility index (Phi) is 2.80. The summed E-state index contributed by atoms with van der Waals surface area (Å²) in [5, 5.41) is 22.2. The summed E-state index contributed by atoms with van der Waals surface area (Å²) < 4.78 is 0. The summed E-state index contributed by atoms with van der Waals surface area (Å²) in [6.45, 7) is 5.30. The molecule has 1 aliphatic rings. The summed E-state index contributed by atoms with van der Waals surface area (Å²) in [5.41, 5.74) is 1.38. The molecule has 1 unspecified atom stereocenters. The van der Waals surface area contributed by atoms with Crippen molar-refractivity contribution >= 4 is 0 Å². The lowest BCUT2D eigenvalue weighted by atomic mass is 10.1. The number of nitrogens with one attached hydrogen (secondary N) is 1. The van der Waals surface area contributed by atoms with E-state index in [-0.39, 0.29) is 17.5 Å². The highest BCUT2D eigenvalue weighted by atomic mass is 16.3. The van der Waals surface area contributed by atoms with E-state index in [4.69, 9.17) is 0 Å². The van der Waals surface area contributed by atoms with Crippen molar-refractivity contribution in [1.82, 2.24) is 5.32 Å². The number of phenolic OH excluding ortho intramolecular Hbond substituents is 2. The van der Waals surface area contributed by atoms with Crippen LogP contribution in [-0.4, -0.2) is 16.8 Å². The number of hydrogen-bond donors (Lipinski definition) is 3. The van der Waals surface area contributed by atoms with Crippen LogP contribution in [0.4, 0.5) is 0 Å². The van der Waals surface area contributed by atoms with Crippen LogP contribution >= 0.6 is 0 Å². The Morgan fingerprint density at radius 2 is 1.81 bits per heavy atom. The van der Waals surface area contributed by atoms with Gasteiger partial charge in [-0.2, -0.15) is 0 Å². The van der Waals surface area contributed by atoms with Crippen LogP contribution in [0.15, 0.2) is 18.2 Å². The molecule has 1 aromatic rings. The summed E-state index contributed by atoms with van der Waals surface area (Å²) in [6, 6.07) is 4.87. The molecule has 2 rings (SSSR count). The van der Waals surface area contributed by atoms with Gasteiger partial charge in [0.15, 0.2) is 0 Å². The molecule has 1 fully saturated rings. The van der Waals surface area contributed by atoms with Gasteiger partial charge in [0.1, 0.15) is 11.5 Å². The summed E-state index contributed by atoms with van der Waals surface area (Å²) in [4.78, 5) is 0. The van der Waals surface area contributed by atoms with E-state index in [1.165, 1.54) is 18.9 Å². The van der Waals surface area contributed by atoms with Crippen molar-refractivity contribution in [1.29, 1.82) is 0 Å². The highest BCUT2D eigenvalue weighted by Gasteiger charge is 2.36. The largest absolute Gasteiger partial charge is 0.508 e. The lowest BCUT2D eigenvalue weighted by Crippen LogP contribution is -2.25. The Hall–Kier alpha value is -1.22. The van der Waals surface area contributed by atoms with Crippen molar-refractivity contribution in [3.63, 3.8) is 0 Å². The fourth-order valence-electron chi connectivity index (χ4n) is 1.78. The van der Waals surface area contributed by atoms with Gasteiger partial charge in [-0.1, -0.05) is 6.92 Å². The second-order valence-electron chi connectivity index (χ2n) is 5.20. The van der Waals surface area contributed by atoms with Gasteiger partial charge in [-0.25, -0.2) is 0 Å². The van der Waals surface area contributed by atoms with Gasteiger partial charge in [0, 0.05) is 18.7 Å². The van der Waals surface area contributed by atoms with E-state index in [1.807, 2.05) is 6.92 Å². The normalized spacial score (nSPS) is 19.4. The number of rotatable bonds is 4. The van der Waals surface area contributed by atoms with Crippen molar-refractivity contribution in [2.45, 2.75) is 32.7 Å². The molecule has 88 valence electrons. The molecule has 0 radical (unpaired) electrons. The maximum absolute atomic E-state index is 9.40. The van der Waals surface area contributed by atoms with Crippen molar-refractivity contribution in [3.05, 3.63) is 23.8 Å². The molecule has 0 spiro atoms. The standard InChI is InChI=1S/C13H19NO2/c1-9(14-8-13(2)3-4-13)10-5-11(15)7-12(16)6-10/h5-7,9,14-16H,3-4,8H2,1-2H3. The first-order chi connectivity index (χ1) is 7.48. The molecule has 3 heteroatoms. The molecule has 0 saturated heterocycles. The van der Waals surface area contributed by atoms with Gasteiger partial charge in [0.05, 0.1) is 0 Å². The van der Waals surface area contributed by atoms with E-state index < -0.39 is 0 Å². The Bertz CT molecular complexity index is 365. The van der Waals surface area contributed by atoms with E-state index in [0.717, 1.165) is 12.1 Å². The van der Waals surface area contributed by atoms with E-state index in [9.17, 15) is 10.2 Å². The Labute approximate surface area is 96.1 Å². The van der Waals surface area contributed by atoms with Crippen LogP contribution in [0.3, 0.4) is 0 Å².